The first kappa shape index (κ1) is 11.0. The number of ketones is 1. The minimum absolute atomic E-state index is 0.213. The van der Waals surface area contributed by atoms with E-state index in [0.29, 0.717) is 10.0 Å². The lowest BCUT2D eigenvalue weighted by Gasteiger charge is -1.99. The van der Waals surface area contributed by atoms with Gasteiger partial charge in [0.25, 0.3) is 0 Å². The molecular weight excluding hydrogens is 227 g/mol. The fraction of sp³-hybridized carbons (Fsp3) is 0.111. The molecule has 0 radical (unpaired) electrons. The molecule has 74 valence electrons. The second kappa shape index (κ2) is 4.44. The third-order valence-electron chi connectivity index (χ3n) is 1.50. The molecule has 0 amide bonds. The fourth-order valence-corrected chi connectivity index (χ4v) is 1.48. The first-order chi connectivity index (χ1) is 6.49. The van der Waals surface area contributed by atoms with Crippen LogP contribution >= 0.6 is 23.2 Å². The maximum absolute atomic E-state index is 11.3. The Bertz CT molecular complexity index is 367. The molecule has 1 N–H and O–H groups in total. The van der Waals surface area contributed by atoms with E-state index in [1.54, 1.807) is 0 Å². The van der Waals surface area contributed by atoms with Crippen LogP contribution in [0.3, 0.4) is 0 Å². The van der Waals surface area contributed by atoms with Gasteiger partial charge in [0.1, 0.15) is 6.42 Å². The maximum Gasteiger partial charge on any atom is 0.311 e. The number of hydrogen-bond acceptors (Lipinski definition) is 2. The second-order valence-corrected chi connectivity index (χ2v) is 3.52. The Morgan fingerprint density at radius 3 is 2.07 bits per heavy atom. The Morgan fingerprint density at radius 2 is 1.64 bits per heavy atom. The van der Waals surface area contributed by atoms with Gasteiger partial charge in [-0.2, -0.15) is 0 Å². The summed E-state index contributed by atoms with van der Waals surface area (Å²) >= 11 is 11.3. The van der Waals surface area contributed by atoms with Crippen LogP contribution in [0.5, 0.6) is 0 Å². The zero-order valence-electron chi connectivity index (χ0n) is 6.96. The molecule has 0 aromatic heterocycles. The summed E-state index contributed by atoms with van der Waals surface area (Å²) in [6.45, 7) is 0. The molecule has 0 unspecified atom stereocenters. The molecule has 1 aromatic rings. The highest BCUT2D eigenvalue weighted by atomic mass is 35.5. The van der Waals surface area contributed by atoms with Gasteiger partial charge in [-0.25, -0.2) is 0 Å². The summed E-state index contributed by atoms with van der Waals surface area (Å²) in [5, 5.41) is 9.02. The molecule has 0 aliphatic rings. The Labute approximate surface area is 90.3 Å². The van der Waals surface area contributed by atoms with E-state index in [1.165, 1.54) is 18.2 Å². The van der Waals surface area contributed by atoms with Crippen molar-refractivity contribution in [3.63, 3.8) is 0 Å². The Balaban J connectivity index is 2.95. The van der Waals surface area contributed by atoms with Crippen LogP contribution in [-0.4, -0.2) is 16.9 Å². The van der Waals surface area contributed by atoms with E-state index in [-0.39, 0.29) is 5.56 Å². The highest BCUT2D eigenvalue weighted by molar-refractivity contribution is 6.35. The van der Waals surface area contributed by atoms with E-state index in [1.807, 2.05) is 0 Å². The van der Waals surface area contributed by atoms with Crippen LogP contribution in [0.4, 0.5) is 0 Å². The van der Waals surface area contributed by atoms with Crippen molar-refractivity contribution in [1.29, 1.82) is 0 Å². The number of carboxylic acid groups (broad SMARTS) is 1. The summed E-state index contributed by atoms with van der Waals surface area (Å²) < 4.78 is 0. The van der Waals surface area contributed by atoms with Gasteiger partial charge in [-0.05, 0) is 18.2 Å². The summed E-state index contributed by atoms with van der Waals surface area (Å²) in [5.41, 5.74) is 0.213. The fourth-order valence-electron chi connectivity index (χ4n) is 0.954. The van der Waals surface area contributed by atoms with E-state index in [4.69, 9.17) is 28.3 Å². The van der Waals surface area contributed by atoms with Crippen molar-refractivity contribution in [2.24, 2.45) is 0 Å². The van der Waals surface area contributed by atoms with Gasteiger partial charge >= 0.3 is 5.97 Å². The largest absolute Gasteiger partial charge is 0.481 e. The van der Waals surface area contributed by atoms with E-state index >= 15 is 0 Å². The van der Waals surface area contributed by atoms with E-state index in [2.05, 4.69) is 0 Å². The molecule has 14 heavy (non-hydrogen) atoms. The zero-order valence-corrected chi connectivity index (χ0v) is 8.47. The normalized spacial score (nSPS) is 9.86. The van der Waals surface area contributed by atoms with Gasteiger partial charge in [-0.3, -0.25) is 9.59 Å². The lowest BCUT2D eigenvalue weighted by Crippen LogP contribution is -2.06. The first-order valence-corrected chi connectivity index (χ1v) is 4.45. The Hall–Kier alpha value is -1.06. The van der Waals surface area contributed by atoms with Crippen LogP contribution in [0, 0.1) is 0 Å². The number of aliphatic carboxylic acids is 1. The first-order valence-electron chi connectivity index (χ1n) is 3.70. The predicted octanol–water partition coefficient (Wildman–Crippen LogP) is 2.65. The molecule has 5 heteroatoms. The van der Waals surface area contributed by atoms with Crippen LogP contribution in [0.1, 0.15) is 16.8 Å². The van der Waals surface area contributed by atoms with Crippen molar-refractivity contribution in [1.82, 2.24) is 0 Å². The number of carboxylic acids is 1. The van der Waals surface area contributed by atoms with Crippen molar-refractivity contribution in [2.45, 2.75) is 6.42 Å². The quantitative estimate of drug-likeness (QED) is 0.644. The van der Waals surface area contributed by atoms with Gasteiger partial charge in [0.05, 0.1) is 0 Å². The van der Waals surface area contributed by atoms with Gasteiger partial charge in [-0.15, -0.1) is 0 Å². The highest BCUT2D eigenvalue weighted by Crippen LogP contribution is 2.19. The number of benzene rings is 1. The van der Waals surface area contributed by atoms with Crippen LogP contribution in [0.2, 0.25) is 10.0 Å². The van der Waals surface area contributed by atoms with E-state index in [9.17, 15) is 9.59 Å². The molecule has 0 aliphatic carbocycles. The lowest BCUT2D eigenvalue weighted by molar-refractivity contribution is -0.135. The Kier molecular flexibility index (Phi) is 3.49. The maximum atomic E-state index is 11.3. The van der Waals surface area contributed by atoms with Crippen molar-refractivity contribution in [2.75, 3.05) is 0 Å². The molecule has 0 atom stereocenters. The molecule has 0 heterocycles. The SMILES string of the molecule is O=C(O)CC(=O)c1cc(Cl)cc(Cl)c1. The topological polar surface area (TPSA) is 54.4 Å². The van der Waals surface area contributed by atoms with Gasteiger partial charge in [0.15, 0.2) is 5.78 Å². The van der Waals surface area contributed by atoms with Crippen LogP contribution < -0.4 is 0 Å². The molecule has 1 rings (SSSR count). The summed E-state index contributed by atoms with van der Waals surface area (Å²) in [4.78, 5) is 21.5. The predicted molar refractivity (Wildman–Crippen MR) is 53.0 cm³/mol. The highest BCUT2D eigenvalue weighted by Gasteiger charge is 2.11. The minimum atomic E-state index is -1.17. The average Bonchev–Trinajstić information content (AvgIpc) is 2.00. The third-order valence-corrected chi connectivity index (χ3v) is 1.93. The Morgan fingerprint density at radius 1 is 1.14 bits per heavy atom. The molecule has 0 bridgehead atoms. The molecule has 0 saturated carbocycles. The van der Waals surface area contributed by atoms with Crippen LogP contribution in [0.25, 0.3) is 0 Å². The molecule has 1 aromatic carbocycles. The number of halogens is 2. The second-order valence-electron chi connectivity index (χ2n) is 2.65. The number of hydrogen-bond donors (Lipinski definition) is 1. The van der Waals surface area contributed by atoms with Gasteiger partial charge in [-0.1, -0.05) is 23.2 Å². The number of carbonyl (C=O) groups excluding carboxylic acids is 1. The van der Waals surface area contributed by atoms with Gasteiger partial charge in [0, 0.05) is 15.6 Å². The van der Waals surface area contributed by atoms with E-state index in [0.717, 1.165) is 0 Å². The van der Waals surface area contributed by atoms with Gasteiger partial charge < -0.3 is 5.11 Å². The number of carbonyl (C=O) groups is 2. The summed E-state index contributed by atoms with van der Waals surface area (Å²) in [7, 11) is 0. The monoisotopic (exact) mass is 232 g/mol. The number of rotatable bonds is 3. The minimum Gasteiger partial charge on any atom is -0.481 e. The summed E-state index contributed by atoms with van der Waals surface area (Å²) in [6, 6.07) is 4.25. The van der Waals surface area contributed by atoms with Crippen LogP contribution in [-0.2, 0) is 4.79 Å². The van der Waals surface area contributed by atoms with Crippen molar-refractivity contribution >= 4 is 35.0 Å². The molecule has 0 fully saturated rings. The molecule has 0 aliphatic heterocycles. The van der Waals surface area contributed by atoms with Gasteiger partial charge in [0.2, 0.25) is 0 Å². The molecular formula is C9H6Cl2O3. The lowest BCUT2D eigenvalue weighted by atomic mass is 10.1. The van der Waals surface area contributed by atoms with Crippen molar-refractivity contribution in [3.8, 4) is 0 Å². The third kappa shape index (κ3) is 3.01. The smallest absolute Gasteiger partial charge is 0.311 e. The molecule has 3 nitrogen and oxygen atoms in total. The molecule has 0 saturated heterocycles. The van der Waals surface area contributed by atoms with Crippen molar-refractivity contribution in [3.05, 3.63) is 33.8 Å². The van der Waals surface area contributed by atoms with E-state index < -0.39 is 18.2 Å². The number of Topliss-reactive ketones (excluding diaryl/α,β-unsaturated/α-hetero) is 1. The standard InChI is InChI=1S/C9H6Cl2O3/c10-6-1-5(2-7(11)3-6)8(12)4-9(13)14/h1-3H,4H2,(H,13,14). The molecule has 0 spiro atoms. The average molecular weight is 233 g/mol. The van der Waals surface area contributed by atoms with Crippen LogP contribution in [0.15, 0.2) is 18.2 Å². The zero-order chi connectivity index (χ0) is 10.7. The van der Waals surface area contributed by atoms with Crippen molar-refractivity contribution < 1.29 is 14.7 Å². The summed E-state index contributed by atoms with van der Waals surface area (Å²) in [5.74, 6) is -1.69. The summed E-state index contributed by atoms with van der Waals surface area (Å²) in [6.07, 6.45) is -0.559.